The highest BCUT2D eigenvalue weighted by atomic mass is 14.9. The van der Waals surface area contributed by atoms with E-state index in [0.717, 1.165) is 68.9 Å². The first-order chi connectivity index (χ1) is 43.3. The molecule has 4 aromatic carbocycles. The molecule has 0 N–H and O–H groups in total. The van der Waals surface area contributed by atoms with Gasteiger partial charge in [-0.1, -0.05) is 102 Å². The maximum atomic E-state index is 8.23. The van der Waals surface area contributed by atoms with Crippen LogP contribution in [0, 0.1) is 87.7 Å². The Bertz CT molecular complexity index is 4010. The quantitative estimate of drug-likeness (QED) is 0.121. The summed E-state index contributed by atoms with van der Waals surface area (Å²) in [5.41, 5.74) is 19.5. The monoisotopic (exact) mass is 1040 g/mol. The zero-order chi connectivity index (χ0) is 72.2. The summed E-state index contributed by atoms with van der Waals surface area (Å²) in [6.45, 7) is 10.7. The SMILES string of the molecule is Cc1cc(CC(C)C)ccc1-c1c(CC(C)C)ccc[n+]1C.[2H]C([2H])([2H])Cc1ccc(-c2cc(C)c(C([2H])([2H])[2H])c[n+]2C)c(C)c1.[2H]C([2H])([2H])c1c[n+](C)c(-c2ccc(C([2H])(C)C([2H])([2H])[2H])cc2C)cc1C.[2H]C([2H])([2H])c1ccc(-c2cc(C)c(C([2H])([2H])[2H])c[n+]2C)c(C)c1. The molecular weight excluding hydrogens is 921 g/mol. The fraction of sp³-hybridized carbons (Fsp3) is 0.389. The maximum absolute atomic E-state index is 8.23. The van der Waals surface area contributed by atoms with Crippen LogP contribution in [-0.2, 0) is 47.5 Å². The Morgan fingerprint density at radius 3 is 1.34 bits per heavy atom. The highest BCUT2D eigenvalue weighted by Crippen LogP contribution is 2.29. The fourth-order valence-electron chi connectivity index (χ4n) is 9.54. The van der Waals surface area contributed by atoms with E-state index in [-0.39, 0.29) is 6.42 Å². The number of hydrogen-bond acceptors (Lipinski definition) is 0. The normalized spacial score (nSPS) is 16.5. The van der Waals surface area contributed by atoms with Gasteiger partial charge in [-0.05, 0) is 199 Å². The molecule has 0 aliphatic rings. The lowest BCUT2D eigenvalue weighted by Gasteiger charge is -2.13. The molecule has 0 aliphatic carbocycles. The molecular formula is C72H96N4+4. The van der Waals surface area contributed by atoms with E-state index in [0.29, 0.717) is 56.3 Å². The van der Waals surface area contributed by atoms with Crippen molar-refractivity contribution in [3.8, 4) is 45.0 Å². The van der Waals surface area contributed by atoms with E-state index < -0.39 is 47.0 Å². The molecule has 4 nitrogen and oxygen atoms in total. The van der Waals surface area contributed by atoms with Crippen molar-refractivity contribution in [3.63, 3.8) is 0 Å². The van der Waals surface area contributed by atoms with Gasteiger partial charge in [-0.15, -0.1) is 0 Å². The second kappa shape index (κ2) is 27.0. The van der Waals surface area contributed by atoms with Crippen LogP contribution in [0.2, 0.25) is 0 Å². The smallest absolute Gasteiger partial charge is 0.201 e. The highest BCUT2D eigenvalue weighted by molar-refractivity contribution is 5.66. The Hall–Kier alpha value is -6.52. The van der Waals surface area contributed by atoms with Gasteiger partial charge in [0.15, 0.2) is 24.8 Å². The summed E-state index contributed by atoms with van der Waals surface area (Å²) >= 11 is 0. The van der Waals surface area contributed by atoms with E-state index >= 15 is 0 Å². The van der Waals surface area contributed by atoms with Crippen LogP contribution in [0.3, 0.4) is 0 Å². The molecule has 8 aromatic rings. The maximum Gasteiger partial charge on any atom is 0.215 e. The van der Waals surface area contributed by atoms with Crippen molar-refractivity contribution in [2.45, 2.75) is 149 Å². The minimum Gasteiger partial charge on any atom is -0.201 e. The first kappa shape index (κ1) is 38.1. The molecule has 76 heavy (non-hydrogen) atoms. The summed E-state index contributed by atoms with van der Waals surface area (Å²) in [7, 11) is 7.55. The van der Waals surface area contributed by atoms with Gasteiger partial charge in [-0.25, -0.2) is 18.3 Å². The van der Waals surface area contributed by atoms with E-state index in [4.69, 9.17) is 26.0 Å². The Morgan fingerprint density at radius 2 is 0.895 bits per heavy atom. The van der Waals surface area contributed by atoms with Gasteiger partial charge < -0.3 is 0 Å². The van der Waals surface area contributed by atoms with Gasteiger partial charge in [0.05, 0.1) is 0 Å². The van der Waals surface area contributed by atoms with Gasteiger partial charge in [0, 0.05) is 94.8 Å². The number of benzene rings is 4. The molecule has 0 bridgehead atoms. The van der Waals surface area contributed by atoms with Crippen LogP contribution in [-0.4, -0.2) is 0 Å². The third kappa shape index (κ3) is 15.8. The van der Waals surface area contributed by atoms with Gasteiger partial charge in [0.1, 0.15) is 28.2 Å². The summed E-state index contributed by atoms with van der Waals surface area (Å²) in [5.74, 6) is -0.323. The molecule has 0 radical (unpaired) electrons. The minimum atomic E-state index is -2.43. The zero-order valence-corrected chi connectivity index (χ0v) is 48.2. The van der Waals surface area contributed by atoms with Crippen molar-refractivity contribution in [2.24, 2.45) is 40.0 Å². The molecule has 0 saturated carbocycles. The summed E-state index contributed by atoms with van der Waals surface area (Å²) < 4.78 is 152. The molecule has 0 saturated heterocycles. The molecule has 4 heteroatoms. The lowest BCUT2D eigenvalue weighted by molar-refractivity contribution is -0.660. The molecule has 0 fully saturated rings. The first-order valence-corrected chi connectivity index (χ1v) is 26.3. The number of hydrogen-bond donors (Lipinski definition) is 0. The van der Waals surface area contributed by atoms with E-state index in [1.54, 1.807) is 104 Å². The van der Waals surface area contributed by atoms with Crippen molar-refractivity contribution in [1.82, 2.24) is 0 Å². The zero-order valence-electron chi connectivity index (χ0n) is 67.2. The van der Waals surface area contributed by atoms with E-state index in [1.807, 2.05) is 64.2 Å². The summed E-state index contributed by atoms with van der Waals surface area (Å²) in [6.07, 6.45) is 9.35. The third-order valence-electron chi connectivity index (χ3n) is 13.7. The van der Waals surface area contributed by atoms with Gasteiger partial charge in [0.25, 0.3) is 0 Å². The van der Waals surface area contributed by atoms with Crippen LogP contribution in [0.4, 0.5) is 0 Å². The van der Waals surface area contributed by atoms with E-state index in [9.17, 15) is 0 Å². The predicted molar refractivity (Wildman–Crippen MR) is 325 cm³/mol. The molecule has 0 amide bonds. The second-order valence-corrected chi connectivity index (χ2v) is 21.4. The highest BCUT2D eigenvalue weighted by Gasteiger charge is 2.20. The molecule has 1 unspecified atom stereocenters. The fourth-order valence-corrected chi connectivity index (χ4v) is 9.54. The lowest BCUT2D eigenvalue weighted by atomic mass is 9.93. The molecule has 0 aliphatic heterocycles. The van der Waals surface area contributed by atoms with Crippen LogP contribution in [0.25, 0.3) is 45.0 Å². The molecule has 400 valence electrons. The topological polar surface area (TPSA) is 15.5 Å². The average molecular weight is 1040 g/mol. The predicted octanol–water partition coefficient (Wildman–Crippen LogP) is 16.2. The molecule has 0 spiro atoms. The molecule has 1 atom stereocenters. The molecule has 8 rings (SSSR count). The van der Waals surface area contributed by atoms with Crippen LogP contribution < -0.4 is 18.3 Å². The Balaban J connectivity index is 0.000000230. The van der Waals surface area contributed by atoms with Gasteiger partial charge in [-0.3, -0.25) is 0 Å². The van der Waals surface area contributed by atoms with Gasteiger partial charge in [0.2, 0.25) is 22.8 Å². The van der Waals surface area contributed by atoms with Gasteiger partial charge >= 0.3 is 0 Å². The number of aromatic nitrogens is 4. The number of rotatable bonds is 10. The van der Waals surface area contributed by atoms with Crippen LogP contribution >= 0.6 is 0 Å². The summed E-state index contributed by atoms with van der Waals surface area (Å²) in [6, 6.07) is 32.8. The minimum absolute atomic E-state index is 0.0389. The van der Waals surface area contributed by atoms with Gasteiger partial charge in [-0.2, -0.15) is 0 Å². The van der Waals surface area contributed by atoms with Crippen LogP contribution in [0.5, 0.6) is 0 Å². The number of nitrogens with zero attached hydrogens (tertiary/aromatic N) is 4. The first-order valence-electron chi connectivity index (χ1n) is 35.8. The van der Waals surface area contributed by atoms with Crippen molar-refractivity contribution < 1.29 is 44.3 Å². The van der Waals surface area contributed by atoms with Crippen molar-refractivity contribution in [3.05, 3.63) is 211 Å². The Labute approximate surface area is 488 Å². The standard InChI is InChI=1S/C21H30N.C18H24N.C17H22N.C16H20N/c1-15(2)12-18-9-10-20(17(5)14-18)21-19(13-16(3)4)8-7-11-22(21)6;1-12(2)16-7-8-17(14(4)9-16)18-10-13(3)15(5)11-19(18)6;1-6-15-7-8-16(13(3)9-15)17-10-12(2)14(4)11-18(17)5;1-11-6-7-15(13(3)8-11)16-9-12(2)14(4)10-17(16)5/h7-11,14-16H,12-13H2,1-6H3;7-12H,1-6H3;7-11H,6H2,1-5H3;6-10H,1-5H3/q4*+1/i;1D3,5D3,12D;2*1D3,4D3. The van der Waals surface area contributed by atoms with Crippen LogP contribution in [0.15, 0.2) is 128 Å². The number of pyridine rings is 4. The third-order valence-corrected chi connectivity index (χ3v) is 13.7. The number of aryl methyl sites for hydroxylation is 16. The van der Waals surface area contributed by atoms with Crippen molar-refractivity contribution in [2.75, 3.05) is 0 Å². The molecule has 4 heterocycles. The Kier molecular flexibility index (Phi) is 13.5. The summed E-state index contributed by atoms with van der Waals surface area (Å²) in [5, 5.41) is 0. The lowest BCUT2D eigenvalue weighted by Crippen LogP contribution is -2.32. The second-order valence-electron chi connectivity index (χ2n) is 21.4. The largest absolute Gasteiger partial charge is 0.215 e. The van der Waals surface area contributed by atoms with Crippen molar-refractivity contribution in [1.29, 1.82) is 0 Å². The Morgan fingerprint density at radius 1 is 0.434 bits per heavy atom. The van der Waals surface area contributed by atoms with Crippen molar-refractivity contribution >= 4 is 0 Å². The summed E-state index contributed by atoms with van der Waals surface area (Å²) in [4.78, 5) is 0. The van der Waals surface area contributed by atoms with Crippen LogP contribution in [0.1, 0.15) is 164 Å². The molecule has 4 aromatic heterocycles. The van der Waals surface area contributed by atoms with E-state index in [2.05, 4.69) is 82.8 Å². The van der Waals surface area contributed by atoms with E-state index in [1.165, 1.54) is 34.9 Å². The average Bonchev–Trinajstić information content (AvgIpc) is 0.792.